The highest BCUT2D eigenvalue weighted by molar-refractivity contribution is 6.39. The fraction of sp³-hybridized carbons (Fsp3) is 0.125. The van der Waals surface area contributed by atoms with Crippen molar-refractivity contribution in [3.8, 4) is 0 Å². The van der Waals surface area contributed by atoms with E-state index >= 15 is 0 Å². The van der Waals surface area contributed by atoms with Crippen molar-refractivity contribution in [1.82, 2.24) is 0 Å². The molecule has 0 radical (unpaired) electrons. The van der Waals surface area contributed by atoms with Crippen molar-refractivity contribution in [1.29, 1.82) is 0 Å². The van der Waals surface area contributed by atoms with Crippen molar-refractivity contribution in [2.45, 2.75) is 6.92 Å². The predicted molar refractivity (Wildman–Crippen MR) is 46.3 cm³/mol. The maximum atomic E-state index is 12.8. The SMILES string of the molecule is CC(=O)c1c(Cl)c(F)c(F)c(F)c1Cl. The number of rotatable bonds is 1. The number of Topliss-reactive ketones (excluding diaryl/α,β-unsaturated/α-hetero) is 1. The second-order valence-electron chi connectivity index (χ2n) is 2.50. The van der Waals surface area contributed by atoms with E-state index < -0.39 is 38.8 Å². The number of carbonyl (C=O) groups excluding carboxylic acids is 1. The van der Waals surface area contributed by atoms with Crippen LogP contribution in [0.2, 0.25) is 10.0 Å². The fourth-order valence-corrected chi connectivity index (χ4v) is 1.58. The van der Waals surface area contributed by atoms with Gasteiger partial charge in [-0.05, 0) is 6.92 Å². The van der Waals surface area contributed by atoms with E-state index in [0.29, 0.717) is 0 Å². The Morgan fingerprint density at radius 3 is 1.64 bits per heavy atom. The van der Waals surface area contributed by atoms with Crippen molar-refractivity contribution in [3.05, 3.63) is 33.1 Å². The third-order valence-electron chi connectivity index (χ3n) is 1.56. The molecule has 0 atom stereocenters. The van der Waals surface area contributed by atoms with E-state index in [1.165, 1.54) is 0 Å². The van der Waals surface area contributed by atoms with Gasteiger partial charge in [0.2, 0.25) is 0 Å². The molecule has 1 rings (SSSR count). The molecule has 0 spiro atoms. The average Bonchev–Trinajstić information content (AvgIpc) is 2.11. The summed E-state index contributed by atoms with van der Waals surface area (Å²) in [6.45, 7) is 1.02. The molecule has 1 aromatic carbocycles. The highest BCUT2D eigenvalue weighted by atomic mass is 35.5. The second-order valence-corrected chi connectivity index (χ2v) is 3.26. The smallest absolute Gasteiger partial charge is 0.197 e. The molecular formula is C8H3Cl2F3O. The Bertz CT molecular complexity index is 389. The minimum atomic E-state index is -1.79. The molecule has 0 aliphatic rings. The molecule has 0 aliphatic heterocycles. The number of benzene rings is 1. The lowest BCUT2D eigenvalue weighted by Gasteiger charge is -2.06. The molecule has 76 valence electrons. The average molecular weight is 243 g/mol. The van der Waals surface area contributed by atoms with Crippen LogP contribution in [0.4, 0.5) is 13.2 Å². The first-order valence-corrected chi connectivity index (χ1v) is 4.15. The van der Waals surface area contributed by atoms with Crippen molar-refractivity contribution < 1.29 is 18.0 Å². The Balaban J connectivity index is 3.68. The zero-order valence-corrected chi connectivity index (χ0v) is 8.31. The van der Waals surface area contributed by atoms with Gasteiger partial charge in [-0.1, -0.05) is 23.2 Å². The van der Waals surface area contributed by atoms with Crippen LogP contribution in [0.3, 0.4) is 0 Å². The molecule has 0 N–H and O–H groups in total. The Kier molecular flexibility index (Phi) is 3.07. The van der Waals surface area contributed by atoms with Crippen LogP contribution in [0, 0.1) is 17.5 Å². The number of hydrogen-bond acceptors (Lipinski definition) is 1. The summed E-state index contributed by atoms with van der Waals surface area (Å²) in [5, 5.41) is -1.61. The predicted octanol–water partition coefficient (Wildman–Crippen LogP) is 3.61. The number of carbonyl (C=O) groups is 1. The number of hydrogen-bond donors (Lipinski definition) is 0. The molecule has 1 aromatic rings. The van der Waals surface area contributed by atoms with E-state index in [-0.39, 0.29) is 0 Å². The normalized spacial score (nSPS) is 10.4. The minimum Gasteiger partial charge on any atom is -0.294 e. The molecule has 0 saturated carbocycles. The van der Waals surface area contributed by atoms with Gasteiger partial charge in [0.15, 0.2) is 23.2 Å². The zero-order valence-electron chi connectivity index (χ0n) is 6.80. The highest BCUT2D eigenvalue weighted by Crippen LogP contribution is 2.32. The number of ketones is 1. The first-order valence-electron chi connectivity index (χ1n) is 3.40. The van der Waals surface area contributed by atoms with Crippen molar-refractivity contribution in [2.75, 3.05) is 0 Å². The van der Waals surface area contributed by atoms with E-state index in [4.69, 9.17) is 23.2 Å². The third-order valence-corrected chi connectivity index (χ3v) is 2.27. The largest absolute Gasteiger partial charge is 0.294 e. The molecule has 1 nitrogen and oxygen atoms in total. The van der Waals surface area contributed by atoms with E-state index in [0.717, 1.165) is 6.92 Å². The first kappa shape index (κ1) is 11.3. The van der Waals surface area contributed by atoms with Gasteiger partial charge in [0.05, 0.1) is 15.6 Å². The summed E-state index contributed by atoms with van der Waals surface area (Å²) < 4.78 is 38.3. The Morgan fingerprint density at radius 1 is 1.00 bits per heavy atom. The van der Waals surface area contributed by atoms with Gasteiger partial charge in [-0.15, -0.1) is 0 Å². The molecule has 14 heavy (non-hydrogen) atoms. The second kappa shape index (κ2) is 3.79. The Labute approximate surface area is 87.4 Å². The molecule has 0 bridgehead atoms. The molecule has 0 unspecified atom stereocenters. The maximum absolute atomic E-state index is 12.8. The molecule has 0 heterocycles. The Morgan fingerprint density at radius 2 is 1.36 bits per heavy atom. The van der Waals surface area contributed by atoms with Crippen molar-refractivity contribution in [3.63, 3.8) is 0 Å². The van der Waals surface area contributed by atoms with E-state index in [9.17, 15) is 18.0 Å². The lowest BCUT2D eigenvalue weighted by atomic mass is 10.1. The molecular weight excluding hydrogens is 240 g/mol. The quantitative estimate of drug-likeness (QED) is 0.418. The molecule has 0 aliphatic carbocycles. The van der Waals surface area contributed by atoms with Crippen LogP contribution in [0.1, 0.15) is 17.3 Å². The van der Waals surface area contributed by atoms with Crippen molar-refractivity contribution >= 4 is 29.0 Å². The summed E-state index contributed by atoms with van der Waals surface area (Å²) >= 11 is 10.6. The summed E-state index contributed by atoms with van der Waals surface area (Å²) in [5.74, 6) is -5.75. The zero-order chi connectivity index (χ0) is 11.0. The van der Waals surface area contributed by atoms with Crippen LogP contribution < -0.4 is 0 Å². The van der Waals surface area contributed by atoms with Gasteiger partial charge in [0.1, 0.15) is 0 Å². The van der Waals surface area contributed by atoms with Crippen LogP contribution in [0.5, 0.6) is 0 Å². The van der Waals surface area contributed by atoms with Crippen LogP contribution in [0.25, 0.3) is 0 Å². The van der Waals surface area contributed by atoms with Gasteiger partial charge in [-0.3, -0.25) is 4.79 Å². The Hall–Kier alpha value is -0.740. The van der Waals surface area contributed by atoms with Gasteiger partial charge >= 0.3 is 0 Å². The summed E-state index contributed by atoms with van der Waals surface area (Å²) in [6.07, 6.45) is 0. The summed E-state index contributed by atoms with van der Waals surface area (Å²) in [6, 6.07) is 0. The fourth-order valence-electron chi connectivity index (χ4n) is 0.914. The summed E-state index contributed by atoms with van der Waals surface area (Å²) in [4.78, 5) is 10.9. The third kappa shape index (κ3) is 1.60. The van der Waals surface area contributed by atoms with Gasteiger partial charge in [-0.25, -0.2) is 13.2 Å². The van der Waals surface area contributed by atoms with Crippen LogP contribution >= 0.6 is 23.2 Å². The monoisotopic (exact) mass is 242 g/mol. The van der Waals surface area contributed by atoms with Gasteiger partial charge in [0.25, 0.3) is 0 Å². The first-order chi connectivity index (χ1) is 6.37. The molecule has 0 amide bonds. The summed E-state index contributed by atoms with van der Waals surface area (Å²) in [7, 11) is 0. The lowest BCUT2D eigenvalue weighted by Crippen LogP contribution is -2.03. The molecule has 0 fully saturated rings. The van der Waals surface area contributed by atoms with Gasteiger partial charge < -0.3 is 0 Å². The van der Waals surface area contributed by atoms with Crippen LogP contribution in [-0.2, 0) is 0 Å². The molecule has 0 saturated heterocycles. The lowest BCUT2D eigenvalue weighted by molar-refractivity contribution is 0.101. The molecule has 6 heteroatoms. The highest BCUT2D eigenvalue weighted by Gasteiger charge is 2.24. The van der Waals surface area contributed by atoms with E-state index in [2.05, 4.69) is 0 Å². The van der Waals surface area contributed by atoms with Crippen LogP contribution in [-0.4, -0.2) is 5.78 Å². The molecule has 0 aromatic heterocycles. The number of halogens is 5. The van der Waals surface area contributed by atoms with Gasteiger partial charge in [-0.2, -0.15) is 0 Å². The standard InChI is InChI=1S/C8H3Cl2F3O/c1-2(14)3-4(9)6(11)8(13)7(12)5(3)10/h1H3. The topological polar surface area (TPSA) is 17.1 Å². The maximum Gasteiger partial charge on any atom is 0.197 e. The van der Waals surface area contributed by atoms with Crippen LogP contribution in [0.15, 0.2) is 0 Å². The van der Waals surface area contributed by atoms with E-state index in [1.807, 2.05) is 0 Å². The minimum absolute atomic E-state index is 0.551. The van der Waals surface area contributed by atoms with Gasteiger partial charge in [0, 0.05) is 0 Å². The van der Waals surface area contributed by atoms with E-state index in [1.54, 1.807) is 0 Å². The van der Waals surface area contributed by atoms with Crippen molar-refractivity contribution in [2.24, 2.45) is 0 Å². The summed E-state index contributed by atoms with van der Waals surface area (Å²) in [5.41, 5.74) is -0.551.